The predicted molar refractivity (Wildman–Crippen MR) is 70.5 cm³/mol. The lowest BCUT2D eigenvalue weighted by molar-refractivity contribution is 0.184. The van der Waals surface area contributed by atoms with Gasteiger partial charge < -0.3 is 4.74 Å². The van der Waals surface area contributed by atoms with Crippen LogP contribution in [0, 0.1) is 0 Å². The quantitative estimate of drug-likeness (QED) is 0.816. The van der Waals surface area contributed by atoms with Crippen LogP contribution in [-0.4, -0.2) is 27.6 Å². The molecule has 1 saturated heterocycles. The van der Waals surface area contributed by atoms with E-state index in [0.29, 0.717) is 12.0 Å². The monoisotopic (exact) mass is 246 g/mol. The Balaban J connectivity index is 1.80. The van der Waals surface area contributed by atoms with E-state index in [1.165, 1.54) is 11.5 Å². The van der Waals surface area contributed by atoms with Crippen LogP contribution in [0.3, 0.4) is 0 Å². The number of fused-ring (bicyclic) bond motifs is 1. The Morgan fingerprint density at radius 3 is 2.71 bits per heavy atom. The second-order valence-electron chi connectivity index (χ2n) is 4.13. The summed E-state index contributed by atoms with van der Waals surface area (Å²) in [5, 5.41) is 0. The number of benzene rings is 1. The first kappa shape index (κ1) is 10.8. The van der Waals surface area contributed by atoms with Gasteiger partial charge in [0.25, 0.3) is 0 Å². The molecule has 17 heavy (non-hydrogen) atoms. The second kappa shape index (κ2) is 4.92. The van der Waals surface area contributed by atoms with Crippen LogP contribution >= 0.6 is 11.8 Å². The van der Waals surface area contributed by atoms with Gasteiger partial charge in [-0.2, -0.15) is 11.8 Å². The van der Waals surface area contributed by atoms with Crippen molar-refractivity contribution in [3.8, 4) is 5.88 Å². The third-order valence-corrected chi connectivity index (χ3v) is 3.93. The maximum atomic E-state index is 5.88. The SMILES string of the molecule is c1ccc2nc(OC3CCSCC3)cnc2c1. The van der Waals surface area contributed by atoms with Crippen LogP contribution in [-0.2, 0) is 0 Å². The number of para-hydroxylation sites is 2. The molecule has 0 spiro atoms. The molecule has 1 aromatic heterocycles. The highest BCUT2D eigenvalue weighted by Crippen LogP contribution is 2.22. The molecular formula is C13H14N2OS. The number of hydrogen-bond donors (Lipinski definition) is 0. The summed E-state index contributed by atoms with van der Waals surface area (Å²) < 4.78 is 5.88. The minimum absolute atomic E-state index is 0.312. The van der Waals surface area contributed by atoms with E-state index in [4.69, 9.17) is 4.74 Å². The van der Waals surface area contributed by atoms with Crippen molar-refractivity contribution in [1.29, 1.82) is 0 Å². The van der Waals surface area contributed by atoms with Crippen LogP contribution in [0.25, 0.3) is 11.0 Å². The molecular weight excluding hydrogens is 232 g/mol. The Kier molecular flexibility index (Phi) is 3.14. The molecule has 1 aliphatic heterocycles. The molecule has 4 heteroatoms. The van der Waals surface area contributed by atoms with Crippen molar-refractivity contribution >= 4 is 22.8 Å². The number of nitrogens with zero attached hydrogens (tertiary/aromatic N) is 2. The zero-order valence-electron chi connectivity index (χ0n) is 9.50. The third kappa shape index (κ3) is 2.52. The predicted octanol–water partition coefficient (Wildman–Crippen LogP) is 2.90. The van der Waals surface area contributed by atoms with Gasteiger partial charge >= 0.3 is 0 Å². The fourth-order valence-corrected chi connectivity index (χ4v) is 3.02. The van der Waals surface area contributed by atoms with Gasteiger partial charge in [-0.3, -0.25) is 0 Å². The highest BCUT2D eigenvalue weighted by Gasteiger charge is 2.15. The molecule has 3 rings (SSSR count). The number of thioether (sulfide) groups is 1. The van der Waals surface area contributed by atoms with Crippen LogP contribution in [0.1, 0.15) is 12.8 Å². The highest BCUT2D eigenvalue weighted by atomic mass is 32.2. The fraction of sp³-hybridized carbons (Fsp3) is 0.385. The van der Waals surface area contributed by atoms with E-state index >= 15 is 0 Å². The minimum Gasteiger partial charge on any atom is -0.473 e. The summed E-state index contributed by atoms with van der Waals surface area (Å²) in [7, 11) is 0. The average molecular weight is 246 g/mol. The van der Waals surface area contributed by atoms with E-state index in [1.54, 1.807) is 6.20 Å². The molecule has 1 fully saturated rings. The summed E-state index contributed by atoms with van der Waals surface area (Å²) >= 11 is 2.00. The topological polar surface area (TPSA) is 35.0 Å². The first-order valence-corrected chi connectivity index (χ1v) is 7.03. The van der Waals surface area contributed by atoms with Gasteiger partial charge in [0.15, 0.2) is 0 Å². The molecule has 0 N–H and O–H groups in total. The lowest BCUT2D eigenvalue weighted by Crippen LogP contribution is -2.22. The van der Waals surface area contributed by atoms with Gasteiger partial charge in [-0.25, -0.2) is 9.97 Å². The van der Waals surface area contributed by atoms with E-state index in [9.17, 15) is 0 Å². The van der Waals surface area contributed by atoms with Gasteiger partial charge in [-0.15, -0.1) is 0 Å². The third-order valence-electron chi connectivity index (χ3n) is 2.88. The van der Waals surface area contributed by atoms with Crippen molar-refractivity contribution in [1.82, 2.24) is 9.97 Å². The molecule has 1 aliphatic rings. The molecule has 2 aromatic rings. The van der Waals surface area contributed by atoms with E-state index < -0.39 is 0 Å². The Bertz CT molecular complexity index is 512. The van der Waals surface area contributed by atoms with Gasteiger partial charge in [0.05, 0.1) is 17.2 Å². The smallest absolute Gasteiger partial charge is 0.233 e. The molecule has 0 radical (unpaired) electrons. The maximum absolute atomic E-state index is 5.88. The molecule has 0 amide bonds. The standard InChI is InChI=1S/C13H14N2OS/c1-2-4-12-11(3-1)14-9-13(15-12)16-10-5-7-17-8-6-10/h1-4,9-10H,5-8H2. The molecule has 0 aliphatic carbocycles. The van der Waals surface area contributed by atoms with E-state index in [0.717, 1.165) is 23.9 Å². The van der Waals surface area contributed by atoms with Crippen molar-refractivity contribution in [2.45, 2.75) is 18.9 Å². The molecule has 2 heterocycles. The van der Waals surface area contributed by atoms with Crippen molar-refractivity contribution in [3.63, 3.8) is 0 Å². The largest absolute Gasteiger partial charge is 0.473 e. The molecule has 0 atom stereocenters. The Hall–Kier alpha value is -1.29. The number of aromatic nitrogens is 2. The van der Waals surface area contributed by atoms with Crippen LogP contribution in [0.4, 0.5) is 0 Å². The minimum atomic E-state index is 0.312. The fourth-order valence-electron chi connectivity index (χ4n) is 1.96. The summed E-state index contributed by atoms with van der Waals surface area (Å²) in [4.78, 5) is 8.83. The zero-order valence-corrected chi connectivity index (χ0v) is 10.3. The van der Waals surface area contributed by atoms with Gasteiger partial charge in [-0.1, -0.05) is 12.1 Å². The average Bonchev–Trinajstić information content (AvgIpc) is 2.40. The van der Waals surface area contributed by atoms with E-state index in [1.807, 2.05) is 36.0 Å². The number of ether oxygens (including phenoxy) is 1. The molecule has 3 nitrogen and oxygen atoms in total. The summed E-state index contributed by atoms with van der Waals surface area (Å²) in [6, 6.07) is 7.86. The molecule has 0 saturated carbocycles. The Morgan fingerprint density at radius 2 is 1.88 bits per heavy atom. The van der Waals surface area contributed by atoms with Crippen LogP contribution in [0.2, 0.25) is 0 Å². The van der Waals surface area contributed by atoms with Crippen LogP contribution in [0.5, 0.6) is 5.88 Å². The van der Waals surface area contributed by atoms with Crippen molar-refractivity contribution in [3.05, 3.63) is 30.5 Å². The first-order valence-electron chi connectivity index (χ1n) is 5.88. The van der Waals surface area contributed by atoms with Gasteiger partial charge in [-0.05, 0) is 36.5 Å². The number of rotatable bonds is 2. The lowest BCUT2D eigenvalue weighted by Gasteiger charge is -2.21. The highest BCUT2D eigenvalue weighted by molar-refractivity contribution is 7.99. The Labute approximate surface area is 105 Å². The molecule has 1 aromatic carbocycles. The summed E-state index contributed by atoms with van der Waals surface area (Å²) in [6.07, 6.45) is 4.26. The summed E-state index contributed by atoms with van der Waals surface area (Å²) in [6.45, 7) is 0. The van der Waals surface area contributed by atoms with Gasteiger partial charge in [0.1, 0.15) is 6.10 Å². The normalized spacial score (nSPS) is 17.2. The lowest BCUT2D eigenvalue weighted by atomic mass is 10.2. The molecule has 0 unspecified atom stereocenters. The zero-order chi connectivity index (χ0) is 11.5. The van der Waals surface area contributed by atoms with Crippen molar-refractivity contribution in [2.75, 3.05) is 11.5 Å². The van der Waals surface area contributed by atoms with E-state index in [2.05, 4.69) is 9.97 Å². The second-order valence-corrected chi connectivity index (χ2v) is 5.35. The number of hydrogen-bond acceptors (Lipinski definition) is 4. The Morgan fingerprint density at radius 1 is 1.12 bits per heavy atom. The van der Waals surface area contributed by atoms with E-state index in [-0.39, 0.29) is 0 Å². The van der Waals surface area contributed by atoms with Gasteiger partial charge in [0, 0.05) is 0 Å². The summed E-state index contributed by atoms with van der Waals surface area (Å²) in [5.41, 5.74) is 1.81. The first-order chi connectivity index (χ1) is 8.42. The molecule has 0 bridgehead atoms. The van der Waals surface area contributed by atoms with Crippen LogP contribution < -0.4 is 4.74 Å². The van der Waals surface area contributed by atoms with Crippen molar-refractivity contribution < 1.29 is 4.74 Å². The van der Waals surface area contributed by atoms with Crippen molar-refractivity contribution in [2.24, 2.45) is 0 Å². The molecule has 88 valence electrons. The van der Waals surface area contributed by atoms with Gasteiger partial charge in [0.2, 0.25) is 5.88 Å². The summed E-state index contributed by atoms with van der Waals surface area (Å²) in [5.74, 6) is 3.03. The maximum Gasteiger partial charge on any atom is 0.233 e. The van der Waals surface area contributed by atoms with Crippen LogP contribution in [0.15, 0.2) is 30.5 Å².